The molecule has 1 amide bonds. The zero-order valence-electron chi connectivity index (χ0n) is 14.6. The van der Waals surface area contributed by atoms with Crippen molar-refractivity contribution in [1.82, 2.24) is 0 Å². The Morgan fingerprint density at radius 1 is 1.11 bits per heavy atom. The molecule has 7 heteroatoms. The molecule has 0 fully saturated rings. The van der Waals surface area contributed by atoms with Gasteiger partial charge in [-0.3, -0.25) is 4.79 Å². The second-order valence-electron chi connectivity index (χ2n) is 5.81. The van der Waals surface area contributed by atoms with Crippen molar-refractivity contribution in [3.05, 3.63) is 59.1 Å². The van der Waals surface area contributed by atoms with Gasteiger partial charge in [-0.05, 0) is 55.0 Å². The van der Waals surface area contributed by atoms with Gasteiger partial charge in [0.15, 0.2) is 17.6 Å². The van der Waals surface area contributed by atoms with E-state index in [1.807, 2.05) is 0 Å². The molecule has 0 radical (unpaired) electrons. The average molecular weight is 388 g/mol. The molecule has 2 aromatic carbocycles. The van der Waals surface area contributed by atoms with E-state index in [1.165, 1.54) is 13.0 Å². The number of amides is 1. The minimum absolute atomic E-state index is 0.432. The average Bonchev–Trinajstić information content (AvgIpc) is 2.68. The van der Waals surface area contributed by atoms with E-state index in [9.17, 15) is 9.59 Å². The molecule has 2 aromatic rings. The fourth-order valence-corrected chi connectivity index (χ4v) is 2.50. The first kappa shape index (κ1) is 18.8. The van der Waals surface area contributed by atoms with Crippen LogP contribution in [0.15, 0.2) is 48.5 Å². The summed E-state index contributed by atoms with van der Waals surface area (Å²) in [6.45, 7) is 2.51. The smallest absolute Gasteiger partial charge is 0.331 e. The number of fused-ring (bicyclic) bond motifs is 1. The number of ether oxygens (including phenoxy) is 3. The van der Waals surface area contributed by atoms with Crippen LogP contribution in [0.25, 0.3) is 6.08 Å². The Hall–Kier alpha value is -2.99. The Morgan fingerprint density at radius 3 is 2.56 bits per heavy atom. The van der Waals surface area contributed by atoms with Crippen molar-refractivity contribution in [1.29, 1.82) is 0 Å². The van der Waals surface area contributed by atoms with Gasteiger partial charge in [0.25, 0.3) is 5.91 Å². The van der Waals surface area contributed by atoms with Gasteiger partial charge in [0.05, 0.1) is 0 Å². The van der Waals surface area contributed by atoms with E-state index in [2.05, 4.69) is 5.32 Å². The van der Waals surface area contributed by atoms with Gasteiger partial charge in [0, 0.05) is 16.8 Å². The lowest BCUT2D eigenvalue weighted by atomic mass is 10.2. The lowest BCUT2D eigenvalue weighted by molar-refractivity contribution is -0.148. The molecule has 1 atom stereocenters. The summed E-state index contributed by atoms with van der Waals surface area (Å²) < 4.78 is 16.1. The fraction of sp³-hybridized carbons (Fsp3) is 0.200. The number of benzene rings is 2. The number of hydrogen-bond acceptors (Lipinski definition) is 5. The van der Waals surface area contributed by atoms with Gasteiger partial charge in [0.2, 0.25) is 0 Å². The predicted molar refractivity (Wildman–Crippen MR) is 102 cm³/mol. The Bertz CT molecular complexity index is 863. The highest BCUT2D eigenvalue weighted by atomic mass is 35.5. The standard InChI is InChI=1S/C20H18ClNO5/c1-13(20(24)22-16-6-4-15(21)5-7-16)27-19(23)9-3-14-2-8-17-18(12-14)26-11-10-25-17/h2-9,12-13H,10-11H2,1H3,(H,22,24)/b9-3+/t13-/m0/s1. The quantitative estimate of drug-likeness (QED) is 0.625. The third-order valence-electron chi connectivity index (χ3n) is 3.75. The van der Waals surface area contributed by atoms with Gasteiger partial charge < -0.3 is 19.5 Å². The van der Waals surface area contributed by atoms with Gasteiger partial charge in [-0.2, -0.15) is 0 Å². The van der Waals surface area contributed by atoms with Crippen LogP contribution in [0, 0.1) is 0 Å². The molecule has 0 saturated carbocycles. The second kappa shape index (κ2) is 8.60. The summed E-state index contributed by atoms with van der Waals surface area (Å²) in [6.07, 6.45) is 1.90. The summed E-state index contributed by atoms with van der Waals surface area (Å²) in [5, 5.41) is 3.22. The van der Waals surface area contributed by atoms with Crippen molar-refractivity contribution in [2.75, 3.05) is 18.5 Å². The highest BCUT2D eigenvalue weighted by Crippen LogP contribution is 2.31. The molecule has 6 nitrogen and oxygen atoms in total. The highest BCUT2D eigenvalue weighted by Gasteiger charge is 2.17. The van der Waals surface area contributed by atoms with Gasteiger partial charge in [0.1, 0.15) is 13.2 Å². The molecule has 27 heavy (non-hydrogen) atoms. The molecule has 0 saturated heterocycles. The van der Waals surface area contributed by atoms with Crippen LogP contribution in [-0.2, 0) is 14.3 Å². The fourth-order valence-electron chi connectivity index (χ4n) is 2.37. The van der Waals surface area contributed by atoms with E-state index in [1.54, 1.807) is 48.5 Å². The number of nitrogens with one attached hydrogen (secondary N) is 1. The van der Waals surface area contributed by atoms with Crippen molar-refractivity contribution < 1.29 is 23.8 Å². The van der Waals surface area contributed by atoms with E-state index >= 15 is 0 Å². The molecule has 0 unspecified atom stereocenters. The maximum absolute atomic E-state index is 12.1. The Morgan fingerprint density at radius 2 is 1.81 bits per heavy atom. The molecular formula is C20H18ClNO5. The lowest BCUT2D eigenvalue weighted by Crippen LogP contribution is -2.29. The SMILES string of the molecule is C[C@H](OC(=O)/C=C/c1ccc2c(c1)OCCO2)C(=O)Nc1ccc(Cl)cc1. The molecule has 0 aliphatic carbocycles. The summed E-state index contributed by atoms with van der Waals surface area (Å²) in [5.41, 5.74) is 1.33. The van der Waals surface area contributed by atoms with E-state index in [-0.39, 0.29) is 0 Å². The van der Waals surface area contributed by atoms with Gasteiger partial charge >= 0.3 is 5.97 Å². The third kappa shape index (κ3) is 5.24. The van der Waals surface area contributed by atoms with Crippen LogP contribution < -0.4 is 14.8 Å². The number of halogens is 1. The van der Waals surface area contributed by atoms with Gasteiger partial charge in [-0.15, -0.1) is 0 Å². The van der Waals surface area contributed by atoms with Crippen LogP contribution in [0.5, 0.6) is 11.5 Å². The number of carbonyl (C=O) groups excluding carboxylic acids is 2. The topological polar surface area (TPSA) is 73.9 Å². The number of rotatable bonds is 5. The van der Waals surface area contributed by atoms with Crippen LogP contribution in [0.3, 0.4) is 0 Å². The number of hydrogen-bond donors (Lipinski definition) is 1. The molecule has 1 heterocycles. The normalized spacial score (nSPS) is 13.9. The first-order chi connectivity index (χ1) is 13.0. The Balaban J connectivity index is 1.54. The third-order valence-corrected chi connectivity index (χ3v) is 4.00. The molecule has 1 N–H and O–H groups in total. The molecule has 1 aliphatic heterocycles. The molecular weight excluding hydrogens is 370 g/mol. The summed E-state index contributed by atoms with van der Waals surface area (Å²) in [4.78, 5) is 24.0. The summed E-state index contributed by atoms with van der Waals surface area (Å²) in [5.74, 6) is 0.253. The van der Waals surface area contributed by atoms with Crippen molar-refractivity contribution in [2.24, 2.45) is 0 Å². The maximum Gasteiger partial charge on any atom is 0.331 e. The van der Waals surface area contributed by atoms with Crippen molar-refractivity contribution in [2.45, 2.75) is 13.0 Å². The minimum atomic E-state index is -0.946. The van der Waals surface area contributed by atoms with Crippen LogP contribution in [-0.4, -0.2) is 31.2 Å². The van der Waals surface area contributed by atoms with E-state index in [0.717, 1.165) is 5.56 Å². The largest absolute Gasteiger partial charge is 0.486 e. The Kier molecular flexibility index (Phi) is 5.98. The van der Waals surface area contributed by atoms with Crippen molar-refractivity contribution >= 4 is 35.2 Å². The van der Waals surface area contributed by atoms with E-state index < -0.39 is 18.0 Å². The highest BCUT2D eigenvalue weighted by molar-refractivity contribution is 6.30. The lowest BCUT2D eigenvalue weighted by Gasteiger charge is -2.18. The maximum atomic E-state index is 12.1. The van der Waals surface area contributed by atoms with E-state index in [4.69, 9.17) is 25.8 Å². The van der Waals surface area contributed by atoms with Crippen molar-refractivity contribution in [3.63, 3.8) is 0 Å². The summed E-state index contributed by atoms with van der Waals surface area (Å²) in [7, 11) is 0. The molecule has 140 valence electrons. The first-order valence-electron chi connectivity index (χ1n) is 8.36. The van der Waals surface area contributed by atoms with Crippen LogP contribution in [0.1, 0.15) is 12.5 Å². The molecule has 1 aliphatic rings. The monoisotopic (exact) mass is 387 g/mol. The first-order valence-corrected chi connectivity index (χ1v) is 8.74. The summed E-state index contributed by atoms with van der Waals surface area (Å²) in [6, 6.07) is 12.0. The second-order valence-corrected chi connectivity index (χ2v) is 6.25. The van der Waals surface area contributed by atoms with Gasteiger partial charge in [-0.25, -0.2) is 4.79 Å². The zero-order chi connectivity index (χ0) is 19.2. The predicted octanol–water partition coefficient (Wildman–Crippen LogP) is 3.69. The molecule has 0 bridgehead atoms. The van der Waals surface area contributed by atoms with Crippen LogP contribution in [0.2, 0.25) is 5.02 Å². The number of esters is 1. The number of carbonyl (C=O) groups is 2. The van der Waals surface area contributed by atoms with E-state index in [0.29, 0.717) is 35.4 Å². The van der Waals surface area contributed by atoms with Crippen LogP contribution in [0.4, 0.5) is 5.69 Å². The van der Waals surface area contributed by atoms with Crippen molar-refractivity contribution in [3.8, 4) is 11.5 Å². The molecule has 3 rings (SSSR count). The molecule has 0 spiro atoms. The van der Waals surface area contributed by atoms with Gasteiger partial charge in [-0.1, -0.05) is 17.7 Å². The minimum Gasteiger partial charge on any atom is -0.486 e. The zero-order valence-corrected chi connectivity index (χ0v) is 15.4. The molecule has 0 aromatic heterocycles. The summed E-state index contributed by atoms with van der Waals surface area (Å²) >= 11 is 5.80. The Labute approximate surface area is 161 Å². The number of anilines is 1. The van der Waals surface area contributed by atoms with Crippen LogP contribution >= 0.6 is 11.6 Å².